The van der Waals surface area contributed by atoms with E-state index in [9.17, 15) is 9.59 Å². The molecular formula is C22H35N5O3. The maximum Gasteiger partial charge on any atom is 0.235 e. The van der Waals surface area contributed by atoms with Crippen molar-refractivity contribution in [1.82, 2.24) is 25.3 Å². The van der Waals surface area contributed by atoms with E-state index in [4.69, 9.17) is 4.52 Å². The predicted molar refractivity (Wildman–Crippen MR) is 112 cm³/mol. The predicted octanol–water partition coefficient (Wildman–Crippen LogP) is 1.88. The lowest BCUT2D eigenvalue weighted by Gasteiger charge is -2.27. The zero-order chi connectivity index (χ0) is 21.3. The largest absolute Gasteiger partial charge is 0.353 e. The summed E-state index contributed by atoms with van der Waals surface area (Å²) < 4.78 is 5.60. The van der Waals surface area contributed by atoms with Crippen molar-refractivity contribution in [1.29, 1.82) is 0 Å². The summed E-state index contributed by atoms with van der Waals surface area (Å²) in [5, 5.41) is 7.26. The second-order valence-corrected chi connectivity index (χ2v) is 9.73. The normalized spacial score (nSPS) is 29.4. The number of rotatable bonds is 6. The molecule has 3 aliphatic rings. The van der Waals surface area contributed by atoms with Gasteiger partial charge in [-0.25, -0.2) is 0 Å². The van der Waals surface area contributed by atoms with Gasteiger partial charge in [0.05, 0.1) is 5.41 Å². The van der Waals surface area contributed by atoms with E-state index >= 15 is 0 Å². The number of hydrogen-bond donors (Lipinski definition) is 1. The first-order valence-corrected chi connectivity index (χ1v) is 11.5. The van der Waals surface area contributed by atoms with Crippen LogP contribution in [-0.4, -0.2) is 70.5 Å². The summed E-state index contributed by atoms with van der Waals surface area (Å²) in [5.41, 5.74) is -0.351. The Labute approximate surface area is 178 Å². The number of aromatic nitrogens is 2. The topological polar surface area (TPSA) is 91.6 Å². The summed E-state index contributed by atoms with van der Waals surface area (Å²) in [6, 6.07) is 0.0902. The van der Waals surface area contributed by atoms with Gasteiger partial charge in [0.25, 0.3) is 0 Å². The number of carbonyl (C=O) groups is 2. The molecule has 1 N–H and O–H groups in total. The number of aryl methyl sites for hydroxylation is 1. The second-order valence-electron chi connectivity index (χ2n) is 9.73. The van der Waals surface area contributed by atoms with Crippen LogP contribution in [0.1, 0.15) is 64.1 Å². The average Bonchev–Trinajstić information content (AvgIpc) is 3.39. The second kappa shape index (κ2) is 8.65. The first-order chi connectivity index (χ1) is 14.4. The molecule has 1 aliphatic carbocycles. The van der Waals surface area contributed by atoms with Gasteiger partial charge in [-0.3, -0.25) is 9.59 Å². The zero-order valence-corrected chi connectivity index (χ0v) is 18.5. The van der Waals surface area contributed by atoms with Crippen molar-refractivity contribution in [2.45, 2.75) is 70.8 Å². The molecule has 8 heteroatoms. The number of nitrogens with one attached hydrogen (secondary N) is 1. The first-order valence-electron chi connectivity index (χ1n) is 11.5. The van der Waals surface area contributed by atoms with E-state index in [1.54, 1.807) is 0 Å². The van der Waals surface area contributed by atoms with Gasteiger partial charge < -0.3 is 19.6 Å². The lowest BCUT2D eigenvalue weighted by molar-refractivity contribution is -0.134. The maximum absolute atomic E-state index is 12.6. The molecule has 30 heavy (non-hydrogen) atoms. The maximum atomic E-state index is 12.6. The Bertz CT molecular complexity index is 773. The summed E-state index contributed by atoms with van der Waals surface area (Å²) >= 11 is 0. The fraction of sp³-hybridized carbons (Fsp3) is 0.818. The van der Waals surface area contributed by atoms with Crippen LogP contribution in [0.2, 0.25) is 0 Å². The van der Waals surface area contributed by atoms with Gasteiger partial charge in [-0.1, -0.05) is 25.4 Å². The quantitative estimate of drug-likeness (QED) is 0.760. The van der Waals surface area contributed by atoms with Gasteiger partial charge in [-0.05, 0) is 51.6 Å². The number of likely N-dealkylation sites (tertiary alicyclic amines) is 2. The zero-order valence-electron chi connectivity index (χ0n) is 18.5. The molecule has 0 spiro atoms. The molecule has 3 heterocycles. The van der Waals surface area contributed by atoms with Crippen molar-refractivity contribution < 1.29 is 14.1 Å². The van der Waals surface area contributed by atoms with Crippen LogP contribution in [0.3, 0.4) is 0 Å². The molecule has 0 unspecified atom stereocenters. The summed E-state index contributed by atoms with van der Waals surface area (Å²) in [4.78, 5) is 34.1. The lowest BCUT2D eigenvalue weighted by Crippen LogP contribution is -2.41. The molecule has 3 atom stereocenters. The highest BCUT2D eigenvalue weighted by Crippen LogP contribution is 2.50. The SMILES string of the molecule is Cc1noc([C@]23C[C@H](NC(=O)CCN4CCCCC4)C[C@H]2CN(C(=O)C(C)C)C3)n1. The van der Waals surface area contributed by atoms with Crippen LogP contribution in [-0.2, 0) is 15.0 Å². The molecule has 2 aliphatic heterocycles. The Balaban J connectivity index is 1.40. The number of hydrogen-bond acceptors (Lipinski definition) is 6. The Morgan fingerprint density at radius 3 is 2.70 bits per heavy atom. The molecule has 4 rings (SSSR count). The van der Waals surface area contributed by atoms with Gasteiger partial charge in [0.15, 0.2) is 5.82 Å². The summed E-state index contributed by atoms with van der Waals surface area (Å²) in [6.45, 7) is 10.0. The van der Waals surface area contributed by atoms with Gasteiger partial charge in [0, 0.05) is 38.0 Å². The van der Waals surface area contributed by atoms with Gasteiger partial charge in [0.2, 0.25) is 17.7 Å². The van der Waals surface area contributed by atoms with E-state index in [1.165, 1.54) is 19.3 Å². The molecule has 0 aromatic carbocycles. The summed E-state index contributed by atoms with van der Waals surface area (Å²) in [5.74, 6) is 1.72. The van der Waals surface area contributed by atoms with E-state index in [-0.39, 0.29) is 35.1 Å². The third-order valence-corrected chi connectivity index (χ3v) is 7.10. The molecule has 1 aromatic heterocycles. The molecule has 1 aromatic rings. The third-order valence-electron chi connectivity index (χ3n) is 7.10. The highest BCUT2D eigenvalue weighted by Gasteiger charge is 2.58. The van der Waals surface area contributed by atoms with Crippen LogP contribution in [0.5, 0.6) is 0 Å². The monoisotopic (exact) mass is 417 g/mol. The number of piperidine rings is 1. The van der Waals surface area contributed by atoms with Gasteiger partial charge in [-0.2, -0.15) is 4.98 Å². The fourth-order valence-electron chi connectivity index (χ4n) is 5.59. The van der Waals surface area contributed by atoms with E-state index in [0.717, 1.165) is 32.5 Å². The standard InChI is InChI=1S/C22H35N5O3/c1-15(2)20(29)27-13-17-11-18(12-22(17,14-27)21-23-16(3)25-30-21)24-19(28)7-10-26-8-5-4-6-9-26/h15,17-18H,4-14H2,1-3H3,(H,24,28)/t17-,18+,22-/m0/s1. The molecule has 2 amide bonds. The lowest BCUT2D eigenvalue weighted by atomic mass is 9.80. The van der Waals surface area contributed by atoms with E-state index in [2.05, 4.69) is 20.4 Å². The number of amides is 2. The van der Waals surface area contributed by atoms with Crippen molar-refractivity contribution >= 4 is 11.8 Å². The van der Waals surface area contributed by atoms with Crippen LogP contribution < -0.4 is 5.32 Å². The summed E-state index contributed by atoms with van der Waals surface area (Å²) in [7, 11) is 0. The van der Waals surface area contributed by atoms with Gasteiger partial charge >= 0.3 is 0 Å². The van der Waals surface area contributed by atoms with Crippen LogP contribution in [0.15, 0.2) is 4.52 Å². The van der Waals surface area contributed by atoms with Crippen molar-refractivity contribution in [3.8, 4) is 0 Å². The van der Waals surface area contributed by atoms with Crippen LogP contribution in [0.25, 0.3) is 0 Å². The Morgan fingerprint density at radius 1 is 1.27 bits per heavy atom. The highest BCUT2D eigenvalue weighted by atomic mass is 16.5. The molecule has 166 valence electrons. The first kappa shape index (κ1) is 21.3. The van der Waals surface area contributed by atoms with Crippen molar-refractivity contribution in [2.75, 3.05) is 32.7 Å². The molecule has 3 fully saturated rings. The van der Waals surface area contributed by atoms with E-state index in [0.29, 0.717) is 31.2 Å². The Hall–Kier alpha value is -1.96. The summed E-state index contributed by atoms with van der Waals surface area (Å²) in [6.07, 6.45) is 5.92. The smallest absolute Gasteiger partial charge is 0.235 e. The van der Waals surface area contributed by atoms with Gasteiger partial charge in [-0.15, -0.1) is 0 Å². The van der Waals surface area contributed by atoms with Crippen LogP contribution in [0.4, 0.5) is 0 Å². The fourth-order valence-corrected chi connectivity index (χ4v) is 5.59. The molecule has 1 saturated carbocycles. The van der Waals surface area contributed by atoms with E-state index in [1.807, 2.05) is 25.7 Å². The molecule has 0 radical (unpaired) electrons. The van der Waals surface area contributed by atoms with Gasteiger partial charge in [0.1, 0.15) is 0 Å². The Morgan fingerprint density at radius 2 is 2.03 bits per heavy atom. The molecule has 8 nitrogen and oxygen atoms in total. The molecular weight excluding hydrogens is 382 g/mol. The van der Waals surface area contributed by atoms with E-state index < -0.39 is 0 Å². The minimum atomic E-state index is -0.351. The van der Waals surface area contributed by atoms with Crippen molar-refractivity contribution in [2.24, 2.45) is 11.8 Å². The third kappa shape index (κ3) is 4.24. The van der Waals surface area contributed by atoms with Crippen LogP contribution >= 0.6 is 0 Å². The number of carbonyl (C=O) groups excluding carboxylic acids is 2. The van der Waals surface area contributed by atoms with Crippen molar-refractivity contribution in [3.63, 3.8) is 0 Å². The number of fused-ring (bicyclic) bond motifs is 1. The minimum absolute atomic E-state index is 0.0319. The highest BCUT2D eigenvalue weighted by molar-refractivity contribution is 5.79. The Kier molecular flexibility index (Phi) is 6.14. The minimum Gasteiger partial charge on any atom is -0.353 e. The number of nitrogens with zero attached hydrogens (tertiary/aromatic N) is 4. The van der Waals surface area contributed by atoms with Crippen LogP contribution in [0, 0.1) is 18.8 Å². The van der Waals surface area contributed by atoms with Crippen molar-refractivity contribution in [3.05, 3.63) is 11.7 Å². The molecule has 2 saturated heterocycles. The molecule has 0 bridgehead atoms. The average molecular weight is 418 g/mol.